The molecule has 0 unspecified atom stereocenters. The van der Waals surface area contributed by atoms with E-state index in [1.165, 1.54) is 17.5 Å². The van der Waals surface area contributed by atoms with Crippen LogP contribution in [-0.2, 0) is 4.79 Å². The highest BCUT2D eigenvalue weighted by atomic mass is 16.5. The third-order valence-electron chi connectivity index (χ3n) is 5.86. The quantitative estimate of drug-likeness (QED) is 0.831. The molecule has 1 aromatic rings. The lowest BCUT2D eigenvalue weighted by atomic mass is 9.66. The number of hydrogen-bond donors (Lipinski definition) is 0. The zero-order chi connectivity index (χ0) is 16.4. The molecule has 1 aromatic carbocycles. The lowest BCUT2D eigenvalue weighted by Gasteiger charge is -2.44. The summed E-state index contributed by atoms with van der Waals surface area (Å²) in [6, 6.07) is 6.27. The zero-order valence-electron chi connectivity index (χ0n) is 14.7. The number of ether oxygens (including phenoxy) is 1. The molecule has 1 aliphatic carbocycles. The van der Waals surface area contributed by atoms with Crippen LogP contribution in [0.15, 0.2) is 18.2 Å². The molecule has 3 rings (SSSR count). The van der Waals surface area contributed by atoms with Crippen LogP contribution in [0.25, 0.3) is 0 Å². The summed E-state index contributed by atoms with van der Waals surface area (Å²) in [5, 5.41) is 0. The van der Waals surface area contributed by atoms with Gasteiger partial charge >= 0.3 is 0 Å². The first kappa shape index (κ1) is 16.4. The van der Waals surface area contributed by atoms with E-state index in [1.807, 2.05) is 0 Å². The summed E-state index contributed by atoms with van der Waals surface area (Å²) in [7, 11) is 0. The van der Waals surface area contributed by atoms with Gasteiger partial charge in [0.1, 0.15) is 11.9 Å². The molecule has 0 radical (unpaired) electrons. The van der Waals surface area contributed by atoms with Crippen LogP contribution in [0.1, 0.15) is 56.6 Å². The van der Waals surface area contributed by atoms with E-state index in [0.717, 1.165) is 50.9 Å². The van der Waals surface area contributed by atoms with E-state index < -0.39 is 0 Å². The highest BCUT2D eigenvalue weighted by Gasteiger charge is 2.45. The number of para-hydroxylation sites is 1. The van der Waals surface area contributed by atoms with Crippen molar-refractivity contribution in [2.75, 3.05) is 13.1 Å². The first-order chi connectivity index (χ1) is 11.1. The fraction of sp³-hybridized carbons (Fsp3) is 0.650. The van der Waals surface area contributed by atoms with Crippen LogP contribution in [0.3, 0.4) is 0 Å². The molecule has 2 aliphatic rings. The molecule has 2 fully saturated rings. The van der Waals surface area contributed by atoms with Crippen LogP contribution < -0.4 is 4.74 Å². The van der Waals surface area contributed by atoms with Crippen molar-refractivity contribution in [2.24, 2.45) is 5.41 Å². The first-order valence-electron chi connectivity index (χ1n) is 9.08. The number of benzene rings is 1. The summed E-state index contributed by atoms with van der Waals surface area (Å²) >= 11 is 0. The van der Waals surface area contributed by atoms with Crippen LogP contribution in [0.2, 0.25) is 0 Å². The highest BCUT2D eigenvalue weighted by Crippen LogP contribution is 2.45. The molecule has 0 bridgehead atoms. The normalized spacial score (nSPS) is 20.9. The zero-order valence-corrected chi connectivity index (χ0v) is 14.7. The second-order valence-electron chi connectivity index (χ2n) is 7.32. The van der Waals surface area contributed by atoms with Gasteiger partial charge in [-0.3, -0.25) is 4.79 Å². The van der Waals surface area contributed by atoms with E-state index in [-0.39, 0.29) is 11.5 Å². The molecule has 0 N–H and O–H groups in total. The number of piperidine rings is 1. The number of rotatable bonds is 4. The molecule has 3 heteroatoms. The highest BCUT2D eigenvalue weighted by molar-refractivity contribution is 5.83. The predicted molar refractivity (Wildman–Crippen MR) is 92.7 cm³/mol. The van der Waals surface area contributed by atoms with Crippen LogP contribution in [0, 0.1) is 19.3 Å². The summed E-state index contributed by atoms with van der Waals surface area (Å²) in [4.78, 5) is 14.9. The molecular weight excluding hydrogens is 286 g/mol. The van der Waals surface area contributed by atoms with Crippen molar-refractivity contribution in [1.82, 2.24) is 4.90 Å². The summed E-state index contributed by atoms with van der Waals surface area (Å²) < 4.78 is 6.26. The Morgan fingerprint density at radius 2 is 1.83 bits per heavy atom. The fourth-order valence-corrected chi connectivity index (χ4v) is 3.99. The minimum Gasteiger partial charge on any atom is -0.490 e. The summed E-state index contributed by atoms with van der Waals surface area (Å²) in [6.07, 6.45) is 6.50. The number of hydrogen-bond acceptors (Lipinski definition) is 2. The number of amides is 1. The van der Waals surface area contributed by atoms with Gasteiger partial charge in [-0.15, -0.1) is 0 Å². The van der Waals surface area contributed by atoms with Crippen LogP contribution in [0.4, 0.5) is 0 Å². The standard InChI is InChI=1S/C20H29NO2/c1-4-20(11-6-12-20)19(22)21-13-9-17(10-14-21)23-18-15(2)7-5-8-16(18)3/h5,7-8,17H,4,6,9-14H2,1-3H3. The molecular formula is C20H29NO2. The van der Waals surface area contributed by atoms with Crippen molar-refractivity contribution in [1.29, 1.82) is 0 Å². The molecule has 0 aromatic heterocycles. The third kappa shape index (κ3) is 3.11. The van der Waals surface area contributed by atoms with Crippen molar-refractivity contribution in [3.8, 4) is 5.75 Å². The maximum absolute atomic E-state index is 12.8. The molecule has 0 spiro atoms. The van der Waals surface area contributed by atoms with Gasteiger partial charge in [0, 0.05) is 31.3 Å². The van der Waals surface area contributed by atoms with Gasteiger partial charge in [0.05, 0.1) is 0 Å². The molecule has 1 saturated heterocycles. The number of carbonyl (C=O) groups excluding carboxylic acids is 1. The van der Waals surface area contributed by atoms with Crippen molar-refractivity contribution in [3.05, 3.63) is 29.3 Å². The Balaban J connectivity index is 1.57. The van der Waals surface area contributed by atoms with Gasteiger partial charge in [-0.05, 0) is 44.2 Å². The number of nitrogens with zero attached hydrogens (tertiary/aromatic N) is 1. The van der Waals surface area contributed by atoms with Gasteiger partial charge in [0.15, 0.2) is 0 Å². The van der Waals surface area contributed by atoms with Crippen LogP contribution >= 0.6 is 0 Å². The Kier molecular flexibility index (Phi) is 4.65. The van der Waals surface area contributed by atoms with Crippen LogP contribution in [0.5, 0.6) is 5.75 Å². The largest absolute Gasteiger partial charge is 0.490 e. The third-order valence-corrected chi connectivity index (χ3v) is 5.86. The van der Waals surface area contributed by atoms with Crippen LogP contribution in [-0.4, -0.2) is 30.0 Å². The Bertz CT molecular complexity index is 543. The van der Waals surface area contributed by atoms with E-state index in [4.69, 9.17) is 4.74 Å². The van der Waals surface area contributed by atoms with Gasteiger partial charge in [-0.25, -0.2) is 0 Å². The SMILES string of the molecule is CCC1(C(=O)N2CCC(Oc3c(C)cccc3C)CC2)CCC1. The maximum atomic E-state index is 12.8. The van der Waals surface area contributed by atoms with Crippen molar-refractivity contribution >= 4 is 5.91 Å². The molecule has 0 atom stereocenters. The minimum absolute atomic E-state index is 0.0275. The first-order valence-corrected chi connectivity index (χ1v) is 9.08. The summed E-state index contributed by atoms with van der Waals surface area (Å²) in [5.41, 5.74) is 2.37. The Morgan fingerprint density at radius 3 is 2.30 bits per heavy atom. The van der Waals surface area contributed by atoms with E-state index in [0.29, 0.717) is 5.91 Å². The molecule has 1 heterocycles. The molecule has 1 amide bonds. The Hall–Kier alpha value is -1.51. The van der Waals surface area contributed by atoms with Gasteiger partial charge in [-0.2, -0.15) is 0 Å². The lowest BCUT2D eigenvalue weighted by molar-refractivity contribution is -0.149. The number of aryl methyl sites for hydroxylation is 2. The van der Waals surface area contributed by atoms with Gasteiger partial charge in [0.2, 0.25) is 5.91 Å². The van der Waals surface area contributed by atoms with E-state index >= 15 is 0 Å². The summed E-state index contributed by atoms with van der Waals surface area (Å²) in [6.45, 7) is 8.05. The minimum atomic E-state index is -0.0275. The molecule has 1 aliphatic heterocycles. The smallest absolute Gasteiger partial charge is 0.228 e. The topological polar surface area (TPSA) is 29.5 Å². The van der Waals surface area contributed by atoms with Crippen molar-refractivity contribution < 1.29 is 9.53 Å². The second kappa shape index (κ2) is 6.54. The lowest BCUT2D eigenvalue weighted by Crippen LogP contribution is -2.51. The second-order valence-corrected chi connectivity index (χ2v) is 7.32. The number of carbonyl (C=O) groups is 1. The fourth-order valence-electron chi connectivity index (χ4n) is 3.99. The molecule has 1 saturated carbocycles. The molecule has 23 heavy (non-hydrogen) atoms. The van der Waals surface area contributed by atoms with Gasteiger partial charge in [0.25, 0.3) is 0 Å². The summed E-state index contributed by atoms with van der Waals surface area (Å²) in [5.74, 6) is 1.43. The maximum Gasteiger partial charge on any atom is 0.228 e. The predicted octanol–water partition coefficient (Wildman–Crippen LogP) is 4.25. The van der Waals surface area contributed by atoms with Crippen molar-refractivity contribution in [2.45, 2.75) is 65.4 Å². The van der Waals surface area contributed by atoms with E-state index in [9.17, 15) is 4.79 Å². The van der Waals surface area contributed by atoms with Crippen molar-refractivity contribution in [3.63, 3.8) is 0 Å². The Labute approximate surface area is 140 Å². The average molecular weight is 315 g/mol. The van der Waals surface area contributed by atoms with E-state index in [2.05, 4.69) is 43.9 Å². The van der Waals surface area contributed by atoms with Gasteiger partial charge < -0.3 is 9.64 Å². The monoisotopic (exact) mass is 315 g/mol. The Morgan fingerprint density at radius 1 is 1.22 bits per heavy atom. The van der Waals surface area contributed by atoms with Gasteiger partial charge in [-0.1, -0.05) is 31.5 Å². The molecule has 126 valence electrons. The molecule has 3 nitrogen and oxygen atoms in total. The average Bonchev–Trinajstić information content (AvgIpc) is 2.51. The van der Waals surface area contributed by atoms with E-state index in [1.54, 1.807) is 0 Å². The number of likely N-dealkylation sites (tertiary alicyclic amines) is 1.